The van der Waals surface area contributed by atoms with Crippen molar-refractivity contribution in [3.8, 4) is 0 Å². The van der Waals surface area contributed by atoms with E-state index < -0.39 is 10.0 Å². The molecule has 124 valence electrons. The highest BCUT2D eigenvalue weighted by molar-refractivity contribution is 7.89. The summed E-state index contributed by atoms with van der Waals surface area (Å²) in [6.07, 6.45) is 1.73. The van der Waals surface area contributed by atoms with Crippen molar-refractivity contribution in [2.24, 2.45) is 11.8 Å². The number of fused-ring (bicyclic) bond motifs is 2. The Bertz CT molecular complexity index is 828. The molecule has 5 nitrogen and oxygen atoms in total. The lowest BCUT2D eigenvalue weighted by atomic mass is 10.0. The summed E-state index contributed by atoms with van der Waals surface area (Å²) in [5.74, 6) is 0.889. The molecule has 0 amide bonds. The van der Waals surface area contributed by atoms with Crippen molar-refractivity contribution in [2.45, 2.75) is 11.8 Å². The van der Waals surface area contributed by atoms with Crippen LogP contribution in [0.3, 0.4) is 0 Å². The maximum Gasteiger partial charge on any atom is 0.245 e. The molecule has 1 aromatic carbocycles. The molecule has 4 rings (SSSR count). The Hall–Kier alpha value is -1.21. The van der Waals surface area contributed by atoms with Gasteiger partial charge in [-0.3, -0.25) is 4.98 Å². The molecule has 2 aromatic rings. The predicted molar refractivity (Wildman–Crippen MR) is 92.3 cm³/mol. The minimum Gasteiger partial charge on any atom is -0.316 e. The Kier molecular flexibility index (Phi) is 4.35. The number of hydrogen-bond acceptors (Lipinski definition) is 4. The minimum atomic E-state index is -3.48. The number of sulfonamides is 1. The topological polar surface area (TPSA) is 62.3 Å². The second-order valence-electron chi connectivity index (χ2n) is 6.34. The van der Waals surface area contributed by atoms with E-state index in [-0.39, 0.29) is 12.4 Å². The van der Waals surface area contributed by atoms with E-state index in [4.69, 9.17) is 0 Å². The predicted octanol–water partition coefficient (Wildman–Crippen LogP) is 1.80. The van der Waals surface area contributed by atoms with E-state index >= 15 is 0 Å². The summed E-state index contributed by atoms with van der Waals surface area (Å²) in [7, 11) is -3.48. The molecule has 0 unspecified atom stereocenters. The SMILES string of the molecule is Cc1cnc2c(S(=O)(=O)N3C[C@H]4CNC[C@H]4C3)cccc2c1.Cl. The normalized spacial score (nSPS) is 24.6. The molecule has 7 heteroatoms. The standard InChI is InChI=1S/C16H19N3O2S.ClH/c1-11-5-12-3-2-4-15(16(12)18-6-11)22(20,21)19-9-13-7-17-8-14(13)10-19;/h2-6,13-14,17H,7-10H2,1H3;1H/t13-,14+;. The lowest BCUT2D eigenvalue weighted by molar-refractivity contribution is 0.448. The molecule has 2 aliphatic rings. The van der Waals surface area contributed by atoms with Crippen LogP contribution in [-0.4, -0.2) is 43.9 Å². The first kappa shape index (κ1) is 16.6. The van der Waals surface area contributed by atoms with Gasteiger partial charge in [0.05, 0.1) is 5.52 Å². The van der Waals surface area contributed by atoms with E-state index in [1.807, 2.05) is 19.1 Å². The van der Waals surface area contributed by atoms with Gasteiger partial charge < -0.3 is 5.32 Å². The van der Waals surface area contributed by atoms with E-state index in [0.29, 0.717) is 35.3 Å². The quantitative estimate of drug-likeness (QED) is 0.894. The molecule has 2 aliphatic heterocycles. The molecule has 1 aromatic heterocycles. The first-order chi connectivity index (χ1) is 10.6. The number of benzene rings is 1. The summed E-state index contributed by atoms with van der Waals surface area (Å²) in [6, 6.07) is 7.36. The van der Waals surface area contributed by atoms with Crippen molar-refractivity contribution in [2.75, 3.05) is 26.2 Å². The summed E-state index contributed by atoms with van der Waals surface area (Å²) < 4.78 is 27.7. The fraction of sp³-hybridized carbons (Fsp3) is 0.438. The van der Waals surface area contributed by atoms with Crippen LogP contribution in [0.1, 0.15) is 5.56 Å². The van der Waals surface area contributed by atoms with Gasteiger partial charge in [-0.15, -0.1) is 12.4 Å². The average molecular weight is 354 g/mol. The lowest BCUT2D eigenvalue weighted by Gasteiger charge is -2.18. The summed E-state index contributed by atoms with van der Waals surface area (Å²) in [5.41, 5.74) is 1.60. The third kappa shape index (κ3) is 2.74. The second-order valence-corrected chi connectivity index (χ2v) is 8.25. The summed E-state index contributed by atoms with van der Waals surface area (Å²) in [5, 5.41) is 4.22. The Balaban J connectivity index is 0.00000156. The van der Waals surface area contributed by atoms with Gasteiger partial charge in [0.15, 0.2) is 0 Å². The highest BCUT2D eigenvalue weighted by Gasteiger charge is 2.41. The smallest absolute Gasteiger partial charge is 0.245 e. The molecule has 0 spiro atoms. The molecule has 0 aliphatic carbocycles. The molecular formula is C16H20ClN3O2S. The molecule has 23 heavy (non-hydrogen) atoms. The molecule has 2 saturated heterocycles. The van der Waals surface area contributed by atoms with Gasteiger partial charge in [-0.2, -0.15) is 4.31 Å². The van der Waals surface area contributed by atoms with Crippen molar-refractivity contribution in [1.82, 2.24) is 14.6 Å². The fourth-order valence-corrected chi connectivity index (χ4v) is 5.32. The van der Waals surface area contributed by atoms with E-state index in [0.717, 1.165) is 24.0 Å². The third-order valence-corrected chi connectivity index (χ3v) is 6.65. The maximum absolute atomic E-state index is 13.0. The van der Waals surface area contributed by atoms with Gasteiger partial charge in [-0.1, -0.05) is 12.1 Å². The summed E-state index contributed by atoms with van der Waals surface area (Å²) in [4.78, 5) is 4.70. The molecule has 2 fully saturated rings. The van der Waals surface area contributed by atoms with E-state index in [1.165, 1.54) is 0 Å². The van der Waals surface area contributed by atoms with Crippen molar-refractivity contribution < 1.29 is 8.42 Å². The van der Waals surface area contributed by atoms with E-state index in [9.17, 15) is 8.42 Å². The molecule has 2 atom stereocenters. The fourth-order valence-electron chi connectivity index (χ4n) is 3.60. The largest absolute Gasteiger partial charge is 0.316 e. The van der Waals surface area contributed by atoms with Crippen LogP contribution in [-0.2, 0) is 10.0 Å². The highest BCUT2D eigenvalue weighted by Crippen LogP contribution is 2.32. The van der Waals surface area contributed by atoms with Gasteiger partial charge in [0.2, 0.25) is 10.0 Å². The van der Waals surface area contributed by atoms with Gasteiger partial charge >= 0.3 is 0 Å². The Morgan fingerprint density at radius 1 is 1.22 bits per heavy atom. The van der Waals surface area contributed by atoms with Gasteiger partial charge in [0.1, 0.15) is 4.90 Å². The van der Waals surface area contributed by atoms with Crippen molar-refractivity contribution in [3.05, 3.63) is 36.0 Å². The average Bonchev–Trinajstić information content (AvgIpc) is 3.07. The zero-order valence-corrected chi connectivity index (χ0v) is 14.5. The zero-order valence-electron chi connectivity index (χ0n) is 12.9. The monoisotopic (exact) mass is 353 g/mol. The number of hydrogen-bond donors (Lipinski definition) is 1. The molecule has 3 heterocycles. The Morgan fingerprint density at radius 2 is 1.91 bits per heavy atom. The van der Waals surface area contributed by atoms with Crippen LogP contribution in [0, 0.1) is 18.8 Å². The van der Waals surface area contributed by atoms with Crippen molar-refractivity contribution >= 4 is 33.3 Å². The van der Waals surface area contributed by atoms with E-state index in [1.54, 1.807) is 22.6 Å². The van der Waals surface area contributed by atoms with Gasteiger partial charge in [-0.05, 0) is 49.5 Å². The summed E-state index contributed by atoms with van der Waals surface area (Å²) in [6.45, 7) is 5.03. The number of halogens is 1. The summed E-state index contributed by atoms with van der Waals surface area (Å²) >= 11 is 0. The maximum atomic E-state index is 13.0. The number of aryl methyl sites for hydroxylation is 1. The van der Waals surface area contributed by atoms with Crippen LogP contribution < -0.4 is 5.32 Å². The van der Waals surface area contributed by atoms with Crippen molar-refractivity contribution in [3.63, 3.8) is 0 Å². The lowest BCUT2D eigenvalue weighted by Crippen LogP contribution is -2.32. The number of para-hydroxylation sites is 1. The van der Waals surface area contributed by atoms with Crippen LogP contribution in [0.15, 0.2) is 35.4 Å². The second kappa shape index (κ2) is 6.02. The van der Waals surface area contributed by atoms with Crippen molar-refractivity contribution in [1.29, 1.82) is 0 Å². The first-order valence-electron chi connectivity index (χ1n) is 7.62. The van der Waals surface area contributed by atoms with Gasteiger partial charge in [0.25, 0.3) is 0 Å². The molecular weight excluding hydrogens is 334 g/mol. The van der Waals surface area contributed by atoms with Gasteiger partial charge in [0, 0.05) is 24.7 Å². The van der Waals surface area contributed by atoms with Crippen LogP contribution in [0.5, 0.6) is 0 Å². The Morgan fingerprint density at radius 3 is 2.61 bits per heavy atom. The van der Waals surface area contributed by atoms with E-state index in [2.05, 4.69) is 10.3 Å². The first-order valence-corrected chi connectivity index (χ1v) is 9.06. The number of nitrogens with zero attached hydrogens (tertiary/aromatic N) is 2. The molecule has 0 bridgehead atoms. The van der Waals surface area contributed by atoms with Crippen LogP contribution in [0.2, 0.25) is 0 Å². The molecule has 1 N–H and O–H groups in total. The minimum absolute atomic E-state index is 0. The van der Waals surface area contributed by atoms with Crippen LogP contribution in [0.4, 0.5) is 0 Å². The molecule has 0 radical (unpaired) electrons. The Labute approximate surface area is 142 Å². The van der Waals surface area contributed by atoms with Crippen LogP contribution >= 0.6 is 12.4 Å². The number of nitrogens with one attached hydrogen (secondary N) is 1. The number of aromatic nitrogens is 1. The zero-order chi connectivity index (χ0) is 15.3. The molecule has 0 saturated carbocycles. The van der Waals surface area contributed by atoms with Gasteiger partial charge in [-0.25, -0.2) is 8.42 Å². The van der Waals surface area contributed by atoms with Crippen LogP contribution in [0.25, 0.3) is 10.9 Å². The highest BCUT2D eigenvalue weighted by atomic mass is 35.5. The number of rotatable bonds is 2. The third-order valence-electron chi connectivity index (χ3n) is 4.78. The number of pyridine rings is 1.